The van der Waals surface area contributed by atoms with Crippen LogP contribution >= 0.6 is 0 Å². The number of rotatable bonds is 7. The first-order valence-corrected chi connectivity index (χ1v) is 12.2. The number of aromatic nitrogens is 2. The summed E-state index contributed by atoms with van der Waals surface area (Å²) < 4.78 is 10.8. The second kappa shape index (κ2) is 10.7. The van der Waals surface area contributed by atoms with Crippen molar-refractivity contribution in [1.29, 1.82) is 0 Å². The normalized spacial score (nSPS) is 18.4. The smallest absolute Gasteiger partial charge is 0.264 e. The van der Waals surface area contributed by atoms with E-state index in [1.165, 1.54) is 11.1 Å². The number of carbonyl (C=O) groups is 2. The van der Waals surface area contributed by atoms with Crippen LogP contribution in [-0.4, -0.2) is 53.5 Å². The van der Waals surface area contributed by atoms with Gasteiger partial charge < -0.3 is 14.8 Å². The minimum absolute atomic E-state index is 0.0843. The SMILES string of the molecule is COc1ccc(C2=NN(CC(=O)Nc3ccc(-c4ccc(=O)[nH]n4)cc3)C(=O)[C@@H]3CC=CC[C@H]23)cc1OC. The molecule has 0 radical (unpaired) electrons. The van der Waals surface area contributed by atoms with E-state index in [0.29, 0.717) is 35.7 Å². The number of benzene rings is 2. The maximum atomic E-state index is 13.3. The number of carbonyl (C=O) groups excluding carboxylic acids is 2. The summed E-state index contributed by atoms with van der Waals surface area (Å²) in [6.45, 7) is -0.216. The number of aromatic amines is 1. The summed E-state index contributed by atoms with van der Waals surface area (Å²) in [7, 11) is 3.14. The van der Waals surface area contributed by atoms with Gasteiger partial charge in [0.25, 0.3) is 5.56 Å². The van der Waals surface area contributed by atoms with Crippen LogP contribution in [0, 0.1) is 11.8 Å². The monoisotopic (exact) mass is 513 g/mol. The molecule has 0 spiro atoms. The van der Waals surface area contributed by atoms with E-state index in [-0.39, 0.29) is 35.8 Å². The van der Waals surface area contributed by atoms with Crippen molar-refractivity contribution in [1.82, 2.24) is 15.2 Å². The van der Waals surface area contributed by atoms with Crippen LogP contribution in [0.5, 0.6) is 11.5 Å². The van der Waals surface area contributed by atoms with Crippen LogP contribution in [0.1, 0.15) is 18.4 Å². The van der Waals surface area contributed by atoms with Gasteiger partial charge in [0.05, 0.1) is 31.5 Å². The zero-order valence-corrected chi connectivity index (χ0v) is 21.0. The summed E-state index contributed by atoms with van der Waals surface area (Å²) in [5.74, 6) is 0.253. The molecule has 1 aromatic heterocycles. The number of hydrogen-bond acceptors (Lipinski definition) is 7. The van der Waals surface area contributed by atoms with Crippen LogP contribution in [0.4, 0.5) is 5.69 Å². The molecule has 1 aliphatic heterocycles. The Kier molecular flexibility index (Phi) is 7.03. The van der Waals surface area contributed by atoms with Crippen LogP contribution in [0.2, 0.25) is 0 Å². The molecule has 2 aliphatic rings. The van der Waals surface area contributed by atoms with Crippen molar-refractivity contribution in [3.05, 3.63) is 82.7 Å². The molecule has 5 rings (SSSR count). The van der Waals surface area contributed by atoms with E-state index >= 15 is 0 Å². The van der Waals surface area contributed by atoms with E-state index in [2.05, 4.69) is 26.7 Å². The second-order valence-corrected chi connectivity index (χ2v) is 9.04. The summed E-state index contributed by atoms with van der Waals surface area (Å²) >= 11 is 0. The number of methoxy groups -OCH3 is 2. The van der Waals surface area contributed by atoms with Crippen molar-refractivity contribution in [2.45, 2.75) is 12.8 Å². The second-order valence-electron chi connectivity index (χ2n) is 9.04. The molecule has 0 bridgehead atoms. The number of anilines is 1. The fourth-order valence-corrected chi connectivity index (χ4v) is 4.78. The van der Waals surface area contributed by atoms with E-state index in [0.717, 1.165) is 16.8 Å². The highest BCUT2D eigenvalue weighted by molar-refractivity contribution is 6.08. The largest absolute Gasteiger partial charge is 0.493 e. The lowest BCUT2D eigenvalue weighted by atomic mass is 9.76. The predicted octanol–water partition coefficient (Wildman–Crippen LogP) is 3.22. The Bertz CT molecular complexity index is 1460. The zero-order valence-electron chi connectivity index (χ0n) is 21.0. The number of H-pyrrole nitrogens is 1. The summed E-state index contributed by atoms with van der Waals surface area (Å²) in [6.07, 6.45) is 5.36. The van der Waals surface area contributed by atoms with Gasteiger partial charge in [0.1, 0.15) is 6.54 Å². The van der Waals surface area contributed by atoms with E-state index in [1.54, 1.807) is 44.6 Å². The highest BCUT2D eigenvalue weighted by Crippen LogP contribution is 2.37. The van der Waals surface area contributed by atoms with Gasteiger partial charge in [-0.1, -0.05) is 24.3 Å². The standard InChI is InChI=1S/C28H27N5O5/c1-37-23-13-9-18(15-24(23)38-2)27-20-5-3-4-6-21(20)28(36)33(32-27)16-26(35)29-19-10-7-17(8-11-19)22-12-14-25(34)31-30-22/h3-4,7-15,20-21H,5-6,16H2,1-2H3,(H,29,35)(H,31,34)/t20-,21+/m0/s1. The highest BCUT2D eigenvalue weighted by Gasteiger charge is 2.40. The van der Waals surface area contributed by atoms with E-state index in [4.69, 9.17) is 9.47 Å². The van der Waals surface area contributed by atoms with Crippen molar-refractivity contribution in [3.8, 4) is 22.8 Å². The molecule has 38 heavy (non-hydrogen) atoms. The van der Waals surface area contributed by atoms with Gasteiger partial charge in [-0.25, -0.2) is 10.1 Å². The minimum Gasteiger partial charge on any atom is -0.493 e. The topological polar surface area (TPSA) is 126 Å². The molecular weight excluding hydrogens is 486 g/mol. The van der Waals surface area contributed by atoms with E-state index in [9.17, 15) is 14.4 Å². The number of ether oxygens (including phenoxy) is 2. The van der Waals surface area contributed by atoms with Crippen LogP contribution in [0.3, 0.4) is 0 Å². The Hall–Kier alpha value is -4.73. The lowest BCUT2D eigenvalue weighted by Gasteiger charge is -2.36. The van der Waals surface area contributed by atoms with Crippen molar-refractivity contribution >= 4 is 23.2 Å². The number of hydrogen-bond donors (Lipinski definition) is 2. The first-order chi connectivity index (χ1) is 18.5. The van der Waals surface area contributed by atoms with Crippen LogP contribution in [0.15, 0.2) is 76.6 Å². The van der Waals surface area contributed by atoms with Crippen molar-refractivity contribution < 1.29 is 19.1 Å². The molecule has 0 fully saturated rings. The van der Waals surface area contributed by atoms with Gasteiger partial charge in [-0.3, -0.25) is 14.4 Å². The molecule has 2 aromatic carbocycles. The lowest BCUT2D eigenvalue weighted by Crippen LogP contribution is -2.47. The van der Waals surface area contributed by atoms with Crippen molar-refractivity contribution in [3.63, 3.8) is 0 Å². The third-order valence-electron chi connectivity index (χ3n) is 6.70. The maximum Gasteiger partial charge on any atom is 0.264 e. The first kappa shape index (κ1) is 24.9. The third kappa shape index (κ3) is 5.06. The van der Waals surface area contributed by atoms with E-state index < -0.39 is 0 Å². The Morgan fingerprint density at radius 3 is 2.34 bits per heavy atom. The molecule has 3 aromatic rings. The predicted molar refractivity (Wildman–Crippen MR) is 142 cm³/mol. The summed E-state index contributed by atoms with van der Waals surface area (Å²) in [6, 6.07) is 15.6. The number of allylic oxidation sites excluding steroid dienone is 2. The Morgan fingerprint density at radius 1 is 0.947 bits per heavy atom. The van der Waals surface area contributed by atoms with Gasteiger partial charge in [-0.2, -0.15) is 10.2 Å². The quantitative estimate of drug-likeness (QED) is 0.467. The molecule has 194 valence electrons. The molecule has 10 heteroatoms. The maximum absolute atomic E-state index is 13.3. The zero-order chi connectivity index (χ0) is 26.6. The Morgan fingerprint density at radius 2 is 1.66 bits per heavy atom. The molecule has 2 atom stereocenters. The summed E-state index contributed by atoms with van der Waals surface area (Å²) in [5, 5.41) is 15.2. The molecular formula is C28H27N5O5. The first-order valence-electron chi connectivity index (χ1n) is 12.2. The van der Waals surface area contributed by atoms with Crippen LogP contribution < -0.4 is 20.3 Å². The molecule has 0 saturated carbocycles. The van der Waals surface area contributed by atoms with Gasteiger partial charge in [0.2, 0.25) is 11.8 Å². The van der Waals surface area contributed by atoms with E-state index in [1.807, 2.05) is 24.3 Å². The third-order valence-corrected chi connectivity index (χ3v) is 6.70. The minimum atomic E-state index is -0.367. The number of hydrazone groups is 1. The molecule has 10 nitrogen and oxygen atoms in total. The summed E-state index contributed by atoms with van der Waals surface area (Å²) in [5.41, 5.74) is 3.23. The molecule has 0 saturated heterocycles. The summed E-state index contributed by atoms with van der Waals surface area (Å²) in [4.78, 5) is 37.5. The van der Waals surface area contributed by atoms with Gasteiger partial charge in [-0.15, -0.1) is 0 Å². The fourth-order valence-electron chi connectivity index (χ4n) is 4.78. The van der Waals surface area contributed by atoms with Gasteiger partial charge in [0, 0.05) is 28.8 Å². The molecule has 1 aliphatic carbocycles. The van der Waals surface area contributed by atoms with Gasteiger partial charge >= 0.3 is 0 Å². The van der Waals surface area contributed by atoms with Gasteiger partial charge in [-0.05, 0) is 49.2 Å². The fraction of sp³-hybridized carbons (Fsp3) is 0.250. The number of amides is 2. The van der Waals surface area contributed by atoms with Gasteiger partial charge in [0.15, 0.2) is 11.5 Å². The van der Waals surface area contributed by atoms with Crippen molar-refractivity contribution in [2.24, 2.45) is 16.9 Å². The number of fused-ring (bicyclic) bond motifs is 1. The molecule has 2 amide bonds. The van der Waals surface area contributed by atoms with Crippen LogP contribution in [0.25, 0.3) is 11.3 Å². The van der Waals surface area contributed by atoms with Crippen molar-refractivity contribution in [2.75, 3.05) is 26.1 Å². The number of nitrogens with one attached hydrogen (secondary N) is 2. The molecule has 2 heterocycles. The molecule has 2 N–H and O–H groups in total. The molecule has 0 unspecified atom stereocenters. The Labute approximate surface area is 219 Å². The number of nitrogens with zero attached hydrogens (tertiary/aromatic N) is 3. The highest BCUT2D eigenvalue weighted by atomic mass is 16.5. The average Bonchev–Trinajstić information content (AvgIpc) is 2.95. The Balaban J connectivity index is 1.35. The average molecular weight is 514 g/mol. The lowest BCUT2D eigenvalue weighted by molar-refractivity contribution is -0.140. The van der Waals surface area contributed by atoms with Crippen LogP contribution in [-0.2, 0) is 9.59 Å².